The second kappa shape index (κ2) is 4.90. The minimum atomic E-state index is -0.200. The van der Waals surface area contributed by atoms with Gasteiger partial charge in [0, 0.05) is 10.4 Å². The van der Waals surface area contributed by atoms with Gasteiger partial charge in [-0.3, -0.25) is 0 Å². The van der Waals surface area contributed by atoms with E-state index >= 15 is 0 Å². The first kappa shape index (κ1) is 12.4. The molecule has 2 N–H and O–H groups in total. The van der Waals surface area contributed by atoms with E-state index in [1.807, 2.05) is 13.8 Å². The van der Waals surface area contributed by atoms with Gasteiger partial charge in [-0.2, -0.15) is 0 Å². The van der Waals surface area contributed by atoms with Crippen molar-refractivity contribution < 1.29 is 4.74 Å². The molecule has 0 heterocycles. The highest BCUT2D eigenvalue weighted by Crippen LogP contribution is 2.27. The lowest BCUT2D eigenvalue weighted by Gasteiger charge is -2.20. The van der Waals surface area contributed by atoms with Crippen LogP contribution in [0.2, 0.25) is 0 Å². The molecule has 1 rings (SSSR count). The van der Waals surface area contributed by atoms with E-state index in [0.29, 0.717) is 0 Å². The minimum Gasteiger partial charge on any atom is -0.496 e. The van der Waals surface area contributed by atoms with E-state index in [-0.39, 0.29) is 5.54 Å². The molecule has 0 aliphatic carbocycles. The molecule has 0 aliphatic rings. The molecule has 0 unspecified atom stereocenters. The fraction of sp³-hybridized carbons (Fsp3) is 0.500. The smallest absolute Gasteiger partial charge is 0.123 e. The molecule has 0 saturated carbocycles. The molecule has 0 bridgehead atoms. The number of benzene rings is 1. The van der Waals surface area contributed by atoms with Crippen LogP contribution in [-0.4, -0.2) is 18.9 Å². The second-order valence-corrected chi connectivity index (χ2v) is 5.22. The molecular weight excluding hydrogens is 206 g/mol. The van der Waals surface area contributed by atoms with E-state index in [4.69, 9.17) is 10.5 Å². The third kappa shape index (κ3) is 3.76. The normalized spacial score (nSPS) is 11.5. The molecular formula is C12H19NOS. The summed E-state index contributed by atoms with van der Waals surface area (Å²) >= 11 is 1.71. The van der Waals surface area contributed by atoms with Gasteiger partial charge in [-0.15, -0.1) is 11.8 Å². The van der Waals surface area contributed by atoms with Crippen molar-refractivity contribution in [1.29, 1.82) is 0 Å². The molecule has 3 heteroatoms. The van der Waals surface area contributed by atoms with Crippen molar-refractivity contribution >= 4 is 11.8 Å². The van der Waals surface area contributed by atoms with Crippen molar-refractivity contribution in [3.8, 4) is 5.75 Å². The zero-order valence-corrected chi connectivity index (χ0v) is 10.6. The maximum Gasteiger partial charge on any atom is 0.123 e. The lowest BCUT2D eigenvalue weighted by molar-refractivity contribution is 0.401. The van der Waals surface area contributed by atoms with Crippen molar-refractivity contribution in [2.24, 2.45) is 5.73 Å². The van der Waals surface area contributed by atoms with Gasteiger partial charge in [0.15, 0.2) is 0 Å². The zero-order valence-electron chi connectivity index (χ0n) is 9.83. The Morgan fingerprint density at radius 2 is 2.07 bits per heavy atom. The van der Waals surface area contributed by atoms with Crippen LogP contribution < -0.4 is 10.5 Å². The Bertz CT molecular complexity index is 331. The van der Waals surface area contributed by atoms with Crippen molar-refractivity contribution in [1.82, 2.24) is 0 Å². The number of hydrogen-bond acceptors (Lipinski definition) is 3. The van der Waals surface area contributed by atoms with Gasteiger partial charge < -0.3 is 10.5 Å². The topological polar surface area (TPSA) is 35.2 Å². The summed E-state index contributed by atoms with van der Waals surface area (Å²) in [5.41, 5.74) is 6.97. The fourth-order valence-electron chi connectivity index (χ4n) is 1.49. The Labute approximate surface area is 96.2 Å². The van der Waals surface area contributed by atoms with Gasteiger partial charge in [-0.25, -0.2) is 0 Å². The molecule has 0 atom stereocenters. The van der Waals surface area contributed by atoms with Gasteiger partial charge >= 0.3 is 0 Å². The van der Waals surface area contributed by atoms with Gasteiger partial charge in [0.25, 0.3) is 0 Å². The van der Waals surface area contributed by atoms with Gasteiger partial charge in [-0.05, 0) is 44.2 Å². The van der Waals surface area contributed by atoms with Crippen molar-refractivity contribution in [3.05, 3.63) is 23.8 Å². The molecule has 0 fully saturated rings. The summed E-state index contributed by atoms with van der Waals surface area (Å²) in [7, 11) is 1.70. The Balaban J connectivity index is 2.97. The Hall–Kier alpha value is -0.670. The van der Waals surface area contributed by atoms with Gasteiger partial charge in [0.05, 0.1) is 7.11 Å². The first-order valence-corrected chi connectivity index (χ1v) is 6.18. The molecule has 0 radical (unpaired) electrons. The fourth-order valence-corrected chi connectivity index (χ4v) is 1.92. The number of hydrogen-bond donors (Lipinski definition) is 1. The van der Waals surface area contributed by atoms with Crippen LogP contribution in [0.4, 0.5) is 0 Å². The van der Waals surface area contributed by atoms with E-state index in [9.17, 15) is 0 Å². The van der Waals surface area contributed by atoms with E-state index in [0.717, 1.165) is 12.2 Å². The van der Waals surface area contributed by atoms with E-state index in [1.165, 1.54) is 10.5 Å². The van der Waals surface area contributed by atoms with Crippen molar-refractivity contribution in [2.75, 3.05) is 13.4 Å². The Kier molecular flexibility index (Phi) is 4.05. The molecule has 84 valence electrons. The maximum absolute atomic E-state index is 6.00. The monoisotopic (exact) mass is 225 g/mol. The number of thioether (sulfide) groups is 1. The number of methoxy groups -OCH3 is 1. The molecule has 2 nitrogen and oxygen atoms in total. The summed E-state index contributed by atoms with van der Waals surface area (Å²) in [5.74, 6) is 0.931. The maximum atomic E-state index is 6.00. The largest absolute Gasteiger partial charge is 0.496 e. The predicted octanol–water partition coefficient (Wildman–Crippen LogP) is 2.70. The van der Waals surface area contributed by atoms with E-state index in [1.54, 1.807) is 18.9 Å². The second-order valence-electron chi connectivity index (χ2n) is 4.34. The first-order valence-electron chi connectivity index (χ1n) is 4.96. The predicted molar refractivity (Wildman–Crippen MR) is 66.7 cm³/mol. The highest BCUT2D eigenvalue weighted by molar-refractivity contribution is 7.98. The molecule has 15 heavy (non-hydrogen) atoms. The first-order chi connectivity index (χ1) is 6.96. The van der Waals surface area contributed by atoms with Crippen LogP contribution in [-0.2, 0) is 6.42 Å². The molecule has 0 saturated heterocycles. The van der Waals surface area contributed by atoms with E-state index in [2.05, 4.69) is 24.5 Å². The van der Waals surface area contributed by atoms with Crippen LogP contribution in [0.5, 0.6) is 5.75 Å². The van der Waals surface area contributed by atoms with Crippen LogP contribution in [0.1, 0.15) is 19.4 Å². The average molecular weight is 225 g/mol. The van der Waals surface area contributed by atoms with Crippen molar-refractivity contribution in [2.45, 2.75) is 30.7 Å². The molecule has 0 spiro atoms. The van der Waals surface area contributed by atoms with Gasteiger partial charge in [-0.1, -0.05) is 6.07 Å². The Morgan fingerprint density at radius 3 is 2.53 bits per heavy atom. The highest BCUT2D eigenvalue weighted by Gasteiger charge is 2.15. The van der Waals surface area contributed by atoms with Crippen LogP contribution in [0.15, 0.2) is 23.1 Å². The number of nitrogens with two attached hydrogens (primary N) is 1. The zero-order chi connectivity index (χ0) is 11.5. The standard InChI is InChI=1S/C12H19NOS/c1-12(2,13)8-9-5-6-10(15-4)7-11(9)14-3/h5-7H,8,13H2,1-4H3. The summed E-state index contributed by atoms with van der Waals surface area (Å²) < 4.78 is 5.36. The summed E-state index contributed by atoms with van der Waals surface area (Å²) in [6, 6.07) is 6.26. The lowest BCUT2D eigenvalue weighted by atomic mass is 9.96. The van der Waals surface area contributed by atoms with E-state index < -0.39 is 0 Å². The highest BCUT2D eigenvalue weighted by atomic mass is 32.2. The van der Waals surface area contributed by atoms with Crippen LogP contribution in [0.25, 0.3) is 0 Å². The average Bonchev–Trinajstić information content (AvgIpc) is 2.16. The molecule has 0 amide bonds. The van der Waals surface area contributed by atoms with Gasteiger partial charge in [0.1, 0.15) is 5.75 Å². The lowest BCUT2D eigenvalue weighted by Crippen LogP contribution is -2.34. The minimum absolute atomic E-state index is 0.200. The summed E-state index contributed by atoms with van der Waals surface area (Å²) in [6.45, 7) is 4.05. The van der Waals surface area contributed by atoms with Gasteiger partial charge in [0.2, 0.25) is 0 Å². The molecule has 0 aromatic heterocycles. The third-order valence-corrected chi connectivity index (χ3v) is 2.87. The SMILES string of the molecule is COc1cc(SC)ccc1CC(C)(C)N. The summed E-state index contributed by atoms with van der Waals surface area (Å²) in [5, 5.41) is 0. The third-order valence-electron chi connectivity index (χ3n) is 2.14. The Morgan fingerprint density at radius 1 is 1.40 bits per heavy atom. The summed E-state index contributed by atoms with van der Waals surface area (Å²) in [4.78, 5) is 1.21. The summed E-state index contributed by atoms with van der Waals surface area (Å²) in [6.07, 6.45) is 2.88. The van der Waals surface area contributed by atoms with Crippen LogP contribution in [0, 0.1) is 0 Å². The number of rotatable bonds is 4. The number of ether oxygens (including phenoxy) is 1. The quantitative estimate of drug-likeness (QED) is 0.800. The molecule has 1 aromatic rings. The van der Waals surface area contributed by atoms with Crippen LogP contribution >= 0.6 is 11.8 Å². The van der Waals surface area contributed by atoms with Crippen molar-refractivity contribution in [3.63, 3.8) is 0 Å². The molecule has 1 aromatic carbocycles. The molecule has 0 aliphatic heterocycles. The van der Waals surface area contributed by atoms with Crippen LogP contribution in [0.3, 0.4) is 0 Å².